The summed E-state index contributed by atoms with van der Waals surface area (Å²) in [6.07, 6.45) is 4.38. The van der Waals surface area contributed by atoms with Crippen molar-refractivity contribution in [2.75, 3.05) is 12.4 Å². The minimum Gasteiger partial charge on any atom is -0.493 e. The van der Waals surface area contributed by atoms with E-state index >= 15 is 0 Å². The Balaban J connectivity index is 1.43. The van der Waals surface area contributed by atoms with Crippen molar-refractivity contribution in [3.8, 4) is 11.4 Å². The molecule has 0 saturated carbocycles. The van der Waals surface area contributed by atoms with Crippen molar-refractivity contribution < 1.29 is 9.53 Å². The number of hydrogen-bond acceptors (Lipinski definition) is 4. The molecule has 5 nitrogen and oxygen atoms in total. The molecule has 0 unspecified atom stereocenters. The summed E-state index contributed by atoms with van der Waals surface area (Å²) in [4.78, 5) is 17.0. The molecule has 0 aliphatic carbocycles. The van der Waals surface area contributed by atoms with Crippen LogP contribution in [0.15, 0.2) is 60.0 Å². The third kappa shape index (κ3) is 3.88. The van der Waals surface area contributed by atoms with E-state index < -0.39 is 0 Å². The summed E-state index contributed by atoms with van der Waals surface area (Å²) < 4.78 is 7.62. The number of carbonyl (C=O) groups excluding carboxylic acids is 1. The highest BCUT2D eigenvalue weighted by atomic mass is 35.5. The molecule has 2 aromatic carbocycles. The molecule has 28 heavy (non-hydrogen) atoms. The summed E-state index contributed by atoms with van der Waals surface area (Å²) >= 11 is 7.65. The van der Waals surface area contributed by atoms with Crippen molar-refractivity contribution in [1.82, 2.24) is 14.9 Å². The lowest BCUT2D eigenvalue weighted by Gasteiger charge is -2.26. The molecule has 1 atom stereocenters. The van der Waals surface area contributed by atoms with Gasteiger partial charge in [0, 0.05) is 29.4 Å². The quantitative estimate of drug-likeness (QED) is 0.622. The smallest absolute Gasteiger partial charge is 0.230 e. The molecule has 0 radical (unpaired) electrons. The lowest BCUT2D eigenvalue weighted by molar-refractivity contribution is -0.119. The first-order chi connectivity index (χ1) is 13.6. The minimum absolute atomic E-state index is 0.0204. The number of rotatable bonds is 5. The first-order valence-corrected chi connectivity index (χ1v) is 10.4. The number of nitrogens with zero attached hydrogens (tertiary/aromatic N) is 2. The maximum atomic E-state index is 12.6. The van der Waals surface area contributed by atoms with Crippen molar-refractivity contribution in [2.45, 2.75) is 24.5 Å². The number of hydrogen-bond donors (Lipinski definition) is 1. The lowest BCUT2D eigenvalue weighted by atomic mass is 10.0. The summed E-state index contributed by atoms with van der Waals surface area (Å²) in [5, 5.41) is 4.58. The van der Waals surface area contributed by atoms with Crippen LogP contribution in [-0.4, -0.2) is 27.8 Å². The Morgan fingerprint density at radius 3 is 3.07 bits per heavy atom. The van der Waals surface area contributed by atoms with E-state index in [4.69, 9.17) is 16.3 Å². The number of ether oxygens (including phenoxy) is 1. The maximum absolute atomic E-state index is 12.6. The molecule has 7 heteroatoms. The van der Waals surface area contributed by atoms with E-state index in [1.54, 1.807) is 6.20 Å². The first kappa shape index (κ1) is 18.9. The number of benzene rings is 2. The normalized spacial score (nSPS) is 15.6. The minimum atomic E-state index is -0.0240. The van der Waals surface area contributed by atoms with Crippen LogP contribution in [0.3, 0.4) is 0 Å². The van der Waals surface area contributed by atoms with Crippen LogP contribution in [0.2, 0.25) is 5.02 Å². The van der Waals surface area contributed by atoms with E-state index in [0.717, 1.165) is 34.1 Å². The van der Waals surface area contributed by atoms with Gasteiger partial charge < -0.3 is 10.1 Å². The van der Waals surface area contributed by atoms with Crippen LogP contribution in [0.5, 0.6) is 5.75 Å². The van der Waals surface area contributed by atoms with Gasteiger partial charge in [-0.3, -0.25) is 9.36 Å². The lowest BCUT2D eigenvalue weighted by Crippen LogP contribution is -2.33. The van der Waals surface area contributed by atoms with Crippen molar-refractivity contribution >= 4 is 29.3 Å². The molecular weight excluding hydrogens is 394 g/mol. The third-order valence-corrected chi connectivity index (χ3v) is 6.11. The highest BCUT2D eigenvalue weighted by Crippen LogP contribution is 2.32. The second kappa shape index (κ2) is 8.29. The van der Waals surface area contributed by atoms with Crippen molar-refractivity contribution in [3.63, 3.8) is 0 Å². The van der Waals surface area contributed by atoms with E-state index in [2.05, 4.69) is 10.3 Å². The van der Waals surface area contributed by atoms with E-state index in [9.17, 15) is 4.79 Å². The molecule has 1 N–H and O–H groups in total. The van der Waals surface area contributed by atoms with Gasteiger partial charge in [0.05, 0.1) is 24.1 Å². The van der Waals surface area contributed by atoms with Crippen LogP contribution in [0.25, 0.3) is 5.69 Å². The molecule has 3 aromatic rings. The highest BCUT2D eigenvalue weighted by molar-refractivity contribution is 7.99. The second-order valence-electron chi connectivity index (χ2n) is 6.55. The number of carbonyl (C=O) groups is 1. The molecular formula is C21H20ClN3O2S. The zero-order valence-electron chi connectivity index (χ0n) is 15.4. The predicted octanol–water partition coefficient (Wildman–Crippen LogP) is 4.57. The summed E-state index contributed by atoms with van der Waals surface area (Å²) in [6.45, 7) is 2.58. The highest BCUT2D eigenvalue weighted by Gasteiger charge is 2.22. The van der Waals surface area contributed by atoms with Crippen molar-refractivity contribution in [2.24, 2.45) is 0 Å². The van der Waals surface area contributed by atoms with Gasteiger partial charge in [-0.1, -0.05) is 47.6 Å². The van der Waals surface area contributed by atoms with Gasteiger partial charge in [0.25, 0.3) is 0 Å². The molecule has 1 aliphatic rings. The van der Waals surface area contributed by atoms with Gasteiger partial charge in [-0.25, -0.2) is 4.98 Å². The van der Waals surface area contributed by atoms with E-state index in [1.165, 1.54) is 11.8 Å². The van der Waals surface area contributed by atoms with Gasteiger partial charge in [0.15, 0.2) is 5.16 Å². The molecule has 1 aromatic heterocycles. The van der Waals surface area contributed by atoms with Gasteiger partial charge in [-0.15, -0.1) is 0 Å². The largest absolute Gasteiger partial charge is 0.493 e. The fourth-order valence-electron chi connectivity index (χ4n) is 3.30. The van der Waals surface area contributed by atoms with E-state index in [0.29, 0.717) is 11.6 Å². The SMILES string of the molecule is Cc1c(Cl)cccc1-n1ccnc1SCC(=O)N[C@H]1CCOc2ccccc21. The Morgan fingerprint density at radius 1 is 1.32 bits per heavy atom. The van der Waals surface area contributed by atoms with E-state index in [1.807, 2.05) is 60.2 Å². The monoisotopic (exact) mass is 413 g/mol. The second-order valence-corrected chi connectivity index (χ2v) is 7.90. The van der Waals surface area contributed by atoms with E-state index in [-0.39, 0.29) is 17.7 Å². The number of imidazole rings is 1. The van der Waals surface area contributed by atoms with Gasteiger partial charge in [-0.2, -0.15) is 0 Å². The summed E-state index contributed by atoms with van der Waals surface area (Å²) in [5.74, 6) is 1.11. The zero-order valence-corrected chi connectivity index (χ0v) is 17.0. The third-order valence-electron chi connectivity index (χ3n) is 4.73. The number of thioether (sulfide) groups is 1. The molecule has 0 bridgehead atoms. The predicted molar refractivity (Wildman–Crippen MR) is 111 cm³/mol. The number of halogens is 1. The Labute approximate surface area is 173 Å². The molecule has 0 saturated heterocycles. The van der Waals surface area contributed by atoms with Gasteiger partial charge >= 0.3 is 0 Å². The zero-order chi connectivity index (χ0) is 19.5. The van der Waals surface area contributed by atoms with Crippen LogP contribution in [0, 0.1) is 6.92 Å². The van der Waals surface area contributed by atoms with Crippen LogP contribution >= 0.6 is 23.4 Å². The number of para-hydroxylation sites is 1. The van der Waals surface area contributed by atoms with Crippen LogP contribution in [0.1, 0.15) is 23.6 Å². The standard InChI is InChI=1S/C21H20ClN3O2S/c1-14-16(22)6-4-7-18(14)25-11-10-23-21(25)28-13-20(26)24-17-9-12-27-19-8-3-2-5-15(17)19/h2-8,10-11,17H,9,12-13H2,1H3,(H,24,26)/t17-/m0/s1. The molecule has 2 heterocycles. The average molecular weight is 414 g/mol. The molecule has 1 aliphatic heterocycles. The van der Waals surface area contributed by atoms with Gasteiger partial charge in [0.1, 0.15) is 5.75 Å². The fourth-order valence-corrected chi connectivity index (χ4v) is 4.24. The molecule has 1 amide bonds. The number of aromatic nitrogens is 2. The Morgan fingerprint density at radius 2 is 2.18 bits per heavy atom. The number of nitrogens with one attached hydrogen (secondary N) is 1. The Hall–Kier alpha value is -2.44. The fraction of sp³-hybridized carbons (Fsp3) is 0.238. The number of amides is 1. The van der Waals surface area contributed by atoms with Crippen molar-refractivity contribution in [1.29, 1.82) is 0 Å². The van der Waals surface area contributed by atoms with Crippen LogP contribution < -0.4 is 10.1 Å². The Bertz CT molecular complexity index is 1000. The van der Waals surface area contributed by atoms with Crippen LogP contribution in [0.4, 0.5) is 0 Å². The molecule has 144 valence electrons. The number of fused-ring (bicyclic) bond motifs is 1. The summed E-state index contributed by atoms with van der Waals surface area (Å²) in [5.41, 5.74) is 2.97. The van der Waals surface area contributed by atoms with Gasteiger partial charge in [0.2, 0.25) is 5.91 Å². The summed E-state index contributed by atoms with van der Waals surface area (Å²) in [7, 11) is 0. The molecule has 0 spiro atoms. The molecule has 4 rings (SSSR count). The topological polar surface area (TPSA) is 56.2 Å². The van der Waals surface area contributed by atoms with Crippen molar-refractivity contribution in [3.05, 3.63) is 71.0 Å². The van der Waals surface area contributed by atoms with Gasteiger partial charge in [-0.05, 0) is 30.7 Å². The molecule has 0 fully saturated rings. The summed E-state index contributed by atoms with van der Waals surface area (Å²) in [6, 6.07) is 13.6. The Kier molecular flexibility index (Phi) is 5.59. The average Bonchev–Trinajstić information content (AvgIpc) is 3.17. The first-order valence-electron chi connectivity index (χ1n) is 9.06. The van der Waals surface area contributed by atoms with Crippen LogP contribution in [-0.2, 0) is 4.79 Å². The maximum Gasteiger partial charge on any atom is 0.230 e.